The Kier molecular flexibility index (Phi) is 6.18. The molecule has 0 spiro atoms. The standard InChI is InChI=1S/C29H37N3O8/c1-11-13-6-7-15(31-12-9-27(2,3)32-28(4,5)10-12)22(35)18(13)23(36)20-17(11)21(34)14-8-16(33)19(26(30)39)24(37)29(14,40)25(20)38/h6-7,11-12,14,17,21,31-32,34-37,40H,8-10H2,1-5H3,(H2,30,39). The fourth-order valence-electron chi connectivity index (χ4n) is 7.76. The second-order valence-electron chi connectivity index (χ2n) is 13.1. The summed E-state index contributed by atoms with van der Waals surface area (Å²) in [6, 6.07) is 3.38. The predicted octanol–water partition coefficient (Wildman–Crippen LogP) is 1.68. The maximum absolute atomic E-state index is 13.8. The van der Waals surface area contributed by atoms with E-state index >= 15 is 0 Å². The molecule has 40 heavy (non-hydrogen) atoms. The number of hydrogen-bond acceptors (Lipinski definition) is 10. The Morgan fingerprint density at radius 3 is 2.25 bits per heavy atom. The van der Waals surface area contributed by atoms with Crippen LogP contribution in [0.1, 0.15) is 70.9 Å². The first-order chi connectivity index (χ1) is 18.4. The van der Waals surface area contributed by atoms with Gasteiger partial charge in [-0.1, -0.05) is 13.0 Å². The van der Waals surface area contributed by atoms with Crippen LogP contribution in [0.25, 0.3) is 5.76 Å². The van der Waals surface area contributed by atoms with Gasteiger partial charge in [-0.15, -0.1) is 0 Å². The lowest BCUT2D eigenvalue weighted by Gasteiger charge is -2.50. The van der Waals surface area contributed by atoms with E-state index in [2.05, 4.69) is 38.3 Å². The molecule has 0 aromatic heterocycles. The minimum Gasteiger partial charge on any atom is -0.508 e. The average molecular weight is 556 g/mol. The lowest BCUT2D eigenvalue weighted by molar-refractivity contribution is -0.160. The molecule has 9 N–H and O–H groups in total. The molecule has 11 heteroatoms. The molecule has 5 atom stereocenters. The Morgan fingerprint density at radius 1 is 1.07 bits per heavy atom. The summed E-state index contributed by atoms with van der Waals surface area (Å²) in [5.74, 6) is -8.71. The summed E-state index contributed by atoms with van der Waals surface area (Å²) in [4.78, 5) is 38.3. The molecule has 1 heterocycles. The number of primary amides is 1. The van der Waals surface area contributed by atoms with Gasteiger partial charge >= 0.3 is 0 Å². The quantitative estimate of drug-likeness (QED) is 0.200. The average Bonchev–Trinajstić information content (AvgIpc) is 2.81. The second-order valence-corrected chi connectivity index (χ2v) is 13.1. The van der Waals surface area contributed by atoms with Crippen LogP contribution in [0.4, 0.5) is 5.69 Å². The molecule has 4 aliphatic rings. The van der Waals surface area contributed by atoms with Crippen molar-refractivity contribution in [2.45, 2.75) is 88.6 Å². The lowest BCUT2D eigenvalue weighted by atomic mass is 9.55. The number of phenols is 1. The molecule has 1 aliphatic heterocycles. The van der Waals surface area contributed by atoms with Crippen molar-refractivity contribution >= 4 is 28.9 Å². The van der Waals surface area contributed by atoms with Gasteiger partial charge in [-0.25, -0.2) is 0 Å². The van der Waals surface area contributed by atoms with Crippen molar-refractivity contribution in [3.63, 3.8) is 0 Å². The number of piperidine rings is 1. The first kappa shape index (κ1) is 28.1. The number of aliphatic hydroxyl groups is 4. The van der Waals surface area contributed by atoms with Gasteiger partial charge in [0.1, 0.15) is 22.8 Å². The van der Waals surface area contributed by atoms with Crippen molar-refractivity contribution in [2.75, 3.05) is 5.32 Å². The van der Waals surface area contributed by atoms with Gasteiger partial charge in [0.2, 0.25) is 5.78 Å². The zero-order valence-corrected chi connectivity index (χ0v) is 23.2. The van der Waals surface area contributed by atoms with Crippen molar-refractivity contribution in [2.24, 2.45) is 17.6 Å². The van der Waals surface area contributed by atoms with Gasteiger partial charge in [-0.2, -0.15) is 0 Å². The smallest absolute Gasteiger partial charge is 0.255 e. The van der Waals surface area contributed by atoms with E-state index < -0.39 is 76.0 Å². The summed E-state index contributed by atoms with van der Waals surface area (Å²) in [5, 5.41) is 63.4. The molecule has 0 radical (unpaired) electrons. The summed E-state index contributed by atoms with van der Waals surface area (Å²) in [5.41, 5.74) is 1.51. The first-order valence-corrected chi connectivity index (χ1v) is 13.5. The number of nitrogens with one attached hydrogen (secondary N) is 2. The van der Waals surface area contributed by atoms with Crippen LogP contribution in [0.15, 0.2) is 29.0 Å². The van der Waals surface area contributed by atoms with E-state index in [9.17, 15) is 39.9 Å². The number of phenolic OH excluding ortho intramolecular Hbond substituents is 1. The molecule has 1 aromatic rings. The van der Waals surface area contributed by atoms with E-state index in [0.29, 0.717) is 11.3 Å². The molecule has 3 aliphatic carbocycles. The van der Waals surface area contributed by atoms with Crippen LogP contribution < -0.4 is 16.4 Å². The van der Waals surface area contributed by atoms with Crippen molar-refractivity contribution in [1.82, 2.24) is 5.32 Å². The number of rotatable bonds is 3. The van der Waals surface area contributed by atoms with E-state index in [1.807, 2.05) is 0 Å². The van der Waals surface area contributed by atoms with Crippen molar-refractivity contribution in [3.05, 3.63) is 40.2 Å². The molecule has 5 unspecified atom stereocenters. The lowest BCUT2D eigenvalue weighted by Crippen LogP contribution is -2.63. The highest BCUT2D eigenvalue weighted by atomic mass is 16.4. The highest BCUT2D eigenvalue weighted by molar-refractivity contribution is 6.23. The Morgan fingerprint density at radius 2 is 1.68 bits per heavy atom. The van der Waals surface area contributed by atoms with Crippen LogP contribution in [0, 0.1) is 11.8 Å². The number of anilines is 1. The Hall–Kier alpha value is -3.41. The number of fused-ring (bicyclic) bond motifs is 3. The maximum Gasteiger partial charge on any atom is 0.255 e. The van der Waals surface area contributed by atoms with Gasteiger partial charge in [0.15, 0.2) is 11.4 Å². The van der Waals surface area contributed by atoms with Gasteiger partial charge in [-0.3, -0.25) is 14.4 Å². The number of amides is 1. The number of Topliss-reactive ketones (excluding diaryl/α,β-unsaturated/α-hetero) is 2. The molecule has 2 fully saturated rings. The van der Waals surface area contributed by atoms with Gasteiger partial charge in [-0.05, 0) is 58.1 Å². The second kappa shape index (κ2) is 8.79. The van der Waals surface area contributed by atoms with Gasteiger partial charge < -0.3 is 41.9 Å². The normalized spacial score (nSPS) is 33.3. The summed E-state index contributed by atoms with van der Waals surface area (Å²) in [6.45, 7) is 10.1. The summed E-state index contributed by atoms with van der Waals surface area (Å²) in [7, 11) is 0. The Bertz CT molecular complexity index is 1390. The van der Waals surface area contributed by atoms with Crippen molar-refractivity contribution in [3.8, 4) is 5.75 Å². The van der Waals surface area contributed by atoms with Crippen molar-refractivity contribution in [1.29, 1.82) is 0 Å². The topological polar surface area (TPSA) is 202 Å². The number of hydrogen-bond donors (Lipinski definition) is 8. The van der Waals surface area contributed by atoms with Crippen molar-refractivity contribution < 1.29 is 39.9 Å². The molecule has 1 saturated carbocycles. The fraction of sp³-hybridized carbons (Fsp3) is 0.552. The van der Waals surface area contributed by atoms with E-state index in [1.54, 1.807) is 19.1 Å². The monoisotopic (exact) mass is 555 g/mol. The van der Waals surface area contributed by atoms with Crippen LogP contribution in [0.3, 0.4) is 0 Å². The van der Waals surface area contributed by atoms with Gasteiger partial charge in [0.05, 0.1) is 17.4 Å². The Labute approximate surface area is 231 Å². The third-order valence-electron chi connectivity index (χ3n) is 9.05. The number of carbonyl (C=O) groups excluding carboxylic acids is 3. The summed E-state index contributed by atoms with van der Waals surface area (Å²) >= 11 is 0. The van der Waals surface area contributed by atoms with Crippen LogP contribution in [-0.2, 0) is 14.4 Å². The van der Waals surface area contributed by atoms with E-state index in [1.165, 1.54) is 0 Å². The molecule has 1 saturated heterocycles. The van der Waals surface area contributed by atoms with Gasteiger partial charge in [0.25, 0.3) is 5.91 Å². The zero-order chi connectivity index (χ0) is 29.7. The molecular formula is C29H37N3O8. The Balaban J connectivity index is 1.62. The predicted molar refractivity (Wildman–Crippen MR) is 145 cm³/mol. The number of ketones is 2. The van der Waals surface area contributed by atoms with Crippen LogP contribution in [0.5, 0.6) is 5.75 Å². The van der Waals surface area contributed by atoms with E-state index in [4.69, 9.17) is 5.73 Å². The molecular weight excluding hydrogens is 518 g/mol. The molecule has 1 amide bonds. The summed E-state index contributed by atoms with van der Waals surface area (Å²) in [6.07, 6.45) is -0.649. The third kappa shape index (κ3) is 3.93. The minimum atomic E-state index is -2.85. The van der Waals surface area contributed by atoms with Crippen LogP contribution in [-0.4, -0.2) is 71.8 Å². The zero-order valence-electron chi connectivity index (χ0n) is 23.2. The number of aliphatic hydroxyl groups excluding tert-OH is 3. The SMILES string of the molecule is CC1c2ccc(NC3CC(C)(C)NC(C)(C)C3)c(O)c2C(O)=C2C(=O)C3(O)C(O)=C(C(N)=O)C(=O)CC3C(O)C21. The largest absolute Gasteiger partial charge is 0.508 e. The first-order valence-electron chi connectivity index (χ1n) is 13.5. The highest BCUT2D eigenvalue weighted by Crippen LogP contribution is 2.56. The number of benzene rings is 1. The van der Waals surface area contributed by atoms with Gasteiger partial charge in [0, 0.05) is 40.9 Å². The molecule has 0 bridgehead atoms. The van der Waals surface area contributed by atoms with E-state index in [0.717, 1.165) is 12.8 Å². The van der Waals surface area contributed by atoms with Crippen LogP contribution in [0.2, 0.25) is 0 Å². The minimum absolute atomic E-state index is 0.0209. The van der Waals surface area contributed by atoms with E-state index in [-0.39, 0.29) is 28.4 Å². The van der Waals surface area contributed by atoms with Crippen LogP contribution >= 0.6 is 0 Å². The molecule has 11 nitrogen and oxygen atoms in total. The fourth-order valence-corrected chi connectivity index (χ4v) is 7.76. The number of nitrogens with two attached hydrogens (primary N) is 1. The highest BCUT2D eigenvalue weighted by Gasteiger charge is 2.65. The number of aromatic hydroxyl groups is 1. The number of carbonyl (C=O) groups is 3. The maximum atomic E-state index is 13.8. The molecule has 5 rings (SSSR count). The molecule has 1 aromatic carbocycles. The molecule has 216 valence electrons. The third-order valence-corrected chi connectivity index (χ3v) is 9.05. The summed E-state index contributed by atoms with van der Waals surface area (Å²) < 4.78 is 0.